The lowest BCUT2D eigenvalue weighted by Crippen LogP contribution is -2.31. The average Bonchev–Trinajstić information content (AvgIpc) is 3.39. The second-order valence-corrected chi connectivity index (χ2v) is 7.94. The van der Waals surface area contributed by atoms with Crippen LogP contribution >= 0.6 is 0 Å². The predicted molar refractivity (Wildman–Crippen MR) is 109 cm³/mol. The standard InChI is InChI=1S/C23H23F3N4O/c1-16-11-18(12-17-3-5-20(6-4-17)23(24,25)26)13-21(28-16)19-7-10-29(14-19)22(31)15-30-9-2-8-27-30/h2-6,8-9,11,13,19H,7,10,12,14-15H2,1H3/t19-/m0/s1. The Morgan fingerprint density at radius 2 is 1.94 bits per heavy atom. The zero-order valence-corrected chi connectivity index (χ0v) is 17.1. The van der Waals surface area contributed by atoms with Gasteiger partial charge in [-0.15, -0.1) is 0 Å². The van der Waals surface area contributed by atoms with Gasteiger partial charge < -0.3 is 4.90 Å². The number of hydrogen-bond acceptors (Lipinski definition) is 3. The topological polar surface area (TPSA) is 51.0 Å². The quantitative estimate of drug-likeness (QED) is 0.612. The Hall–Kier alpha value is -3.16. The Morgan fingerprint density at radius 3 is 2.61 bits per heavy atom. The molecule has 1 saturated heterocycles. The van der Waals surface area contributed by atoms with Crippen molar-refractivity contribution in [1.29, 1.82) is 0 Å². The summed E-state index contributed by atoms with van der Waals surface area (Å²) in [6.07, 6.45) is 0.447. The molecule has 1 fully saturated rings. The highest BCUT2D eigenvalue weighted by Crippen LogP contribution is 2.30. The molecule has 3 aromatic rings. The molecular weight excluding hydrogens is 405 g/mol. The Bertz CT molecular complexity index is 1050. The molecule has 3 heterocycles. The third kappa shape index (κ3) is 5.13. The minimum absolute atomic E-state index is 0.0313. The summed E-state index contributed by atoms with van der Waals surface area (Å²) in [5.41, 5.74) is 2.96. The van der Waals surface area contributed by atoms with Crippen LogP contribution in [0.2, 0.25) is 0 Å². The number of alkyl halides is 3. The van der Waals surface area contributed by atoms with E-state index in [-0.39, 0.29) is 18.4 Å². The molecule has 4 rings (SSSR count). The second kappa shape index (κ2) is 8.53. The molecule has 31 heavy (non-hydrogen) atoms. The third-order valence-corrected chi connectivity index (χ3v) is 5.54. The largest absolute Gasteiger partial charge is 0.416 e. The van der Waals surface area contributed by atoms with Gasteiger partial charge in [0.1, 0.15) is 6.54 Å². The van der Waals surface area contributed by atoms with E-state index >= 15 is 0 Å². The zero-order chi connectivity index (χ0) is 22.0. The van der Waals surface area contributed by atoms with Crippen LogP contribution in [0.3, 0.4) is 0 Å². The first-order chi connectivity index (χ1) is 14.8. The molecule has 0 spiro atoms. The van der Waals surface area contributed by atoms with Crippen molar-refractivity contribution in [2.75, 3.05) is 13.1 Å². The normalized spacial score (nSPS) is 16.6. The number of aromatic nitrogens is 3. The lowest BCUT2D eigenvalue weighted by atomic mass is 9.98. The molecule has 1 aliphatic rings. The average molecular weight is 428 g/mol. The maximum absolute atomic E-state index is 12.8. The van der Waals surface area contributed by atoms with Gasteiger partial charge in [-0.05, 0) is 61.2 Å². The number of hydrogen-bond donors (Lipinski definition) is 0. The van der Waals surface area contributed by atoms with Crippen LogP contribution < -0.4 is 0 Å². The number of likely N-dealkylation sites (tertiary alicyclic amines) is 1. The van der Waals surface area contributed by atoms with Crippen LogP contribution in [0.5, 0.6) is 0 Å². The third-order valence-electron chi connectivity index (χ3n) is 5.54. The van der Waals surface area contributed by atoms with Gasteiger partial charge in [0.15, 0.2) is 0 Å². The van der Waals surface area contributed by atoms with Crippen molar-refractivity contribution in [2.24, 2.45) is 0 Å². The first-order valence-electron chi connectivity index (χ1n) is 10.2. The van der Waals surface area contributed by atoms with Gasteiger partial charge in [-0.3, -0.25) is 14.5 Å². The second-order valence-electron chi connectivity index (χ2n) is 7.94. The fourth-order valence-electron chi connectivity index (χ4n) is 3.99. The maximum Gasteiger partial charge on any atom is 0.416 e. The van der Waals surface area contributed by atoms with Gasteiger partial charge in [-0.2, -0.15) is 18.3 Å². The monoisotopic (exact) mass is 428 g/mol. The maximum atomic E-state index is 12.8. The summed E-state index contributed by atoms with van der Waals surface area (Å²) in [7, 11) is 0. The number of nitrogens with zero attached hydrogens (tertiary/aromatic N) is 4. The highest BCUT2D eigenvalue weighted by Gasteiger charge is 2.30. The minimum Gasteiger partial charge on any atom is -0.340 e. The van der Waals surface area contributed by atoms with E-state index in [0.717, 1.165) is 41.1 Å². The number of amides is 1. The highest BCUT2D eigenvalue weighted by molar-refractivity contribution is 5.76. The van der Waals surface area contributed by atoms with E-state index in [1.165, 1.54) is 12.1 Å². The van der Waals surface area contributed by atoms with Crippen LogP contribution in [-0.2, 0) is 23.9 Å². The molecular formula is C23H23F3N4O. The lowest BCUT2D eigenvalue weighted by molar-refractivity contribution is -0.137. The molecule has 0 bridgehead atoms. The van der Waals surface area contributed by atoms with E-state index in [1.807, 2.05) is 24.0 Å². The molecule has 0 unspecified atom stereocenters. The van der Waals surface area contributed by atoms with Crippen LogP contribution in [0.1, 0.15) is 40.4 Å². The van der Waals surface area contributed by atoms with Crippen molar-refractivity contribution < 1.29 is 18.0 Å². The summed E-state index contributed by atoms with van der Waals surface area (Å²) in [6.45, 7) is 3.42. The molecule has 1 amide bonds. The number of benzene rings is 1. The van der Waals surface area contributed by atoms with E-state index < -0.39 is 11.7 Å². The lowest BCUT2D eigenvalue weighted by Gasteiger charge is -2.17. The molecule has 1 atom stereocenters. The van der Waals surface area contributed by atoms with E-state index in [9.17, 15) is 18.0 Å². The van der Waals surface area contributed by atoms with Crippen LogP contribution in [0.4, 0.5) is 13.2 Å². The molecule has 0 radical (unpaired) electrons. The molecule has 0 aliphatic carbocycles. The Morgan fingerprint density at radius 1 is 1.16 bits per heavy atom. The number of halogens is 3. The highest BCUT2D eigenvalue weighted by atomic mass is 19.4. The fourth-order valence-corrected chi connectivity index (χ4v) is 3.99. The van der Waals surface area contributed by atoms with E-state index in [2.05, 4.69) is 10.1 Å². The molecule has 1 aromatic carbocycles. The molecule has 8 heteroatoms. The van der Waals surface area contributed by atoms with Gasteiger partial charge in [0.05, 0.1) is 5.56 Å². The first-order valence-corrected chi connectivity index (χ1v) is 10.2. The fraction of sp³-hybridized carbons (Fsp3) is 0.348. The van der Waals surface area contributed by atoms with Crippen molar-refractivity contribution in [2.45, 2.75) is 38.4 Å². The van der Waals surface area contributed by atoms with E-state index in [0.29, 0.717) is 19.5 Å². The van der Waals surface area contributed by atoms with Gasteiger partial charge in [-0.1, -0.05) is 12.1 Å². The number of aryl methyl sites for hydroxylation is 1. The summed E-state index contributed by atoms with van der Waals surface area (Å²) in [6, 6.07) is 11.0. The van der Waals surface area contributed by atoms with Crippen molar-refractivity contribution in [3.8, 4) is 0 Å². The number of pyridine rings is 1. The summed E-state index contributed by atoms with van der Waals surface area (Å²) >= 11 is 0. The van der Waals surface area contributed by atoms with Gasteiger partial charge >= 0.3 is 6.18 Å². The smallest absolute Gasteiger partial charge is 0.340 e. The molecule has 2 aromatic heterocycles. The molecule has 162 valence electrons. The molecule has 1 aliphatic heterocycles. The zero-order valence-electron chi connectivity index (χ0n) is 17.1. The summed E-state index contributed by atoms with van der Waals surface area (Å²) in [5, 5.41) is 4.08. The summed E-state index contributed by atoms with van der Waals surface area (Å²) in [5.74, 6) is 0.177. The van der Waals surface area contributed by atoms with Gasteiger partial charge in [0.25, 0.3) is 0 Å². The summed E-state index contributed by atoms with van der Waals surface area (Å²) < 4.78 is 39.9. The Labute approximate surface area is 178 Å². The van der Waals surface area contributed by atoms with Gasteiger partial charge in [0.2, 0.25) is 5.91 Å². The Kier molecular flexibility index (Phi) is 5.80. The van der Waals surface area contributed by atoms with Crippen LogP contribution in [-0.4, -0.2) is 38.7 Å². The van der Waals surface area contributed by atoms with Crippen molar-refractivity contribution in [1.82, 2.24) is 19.7 Å². The van der Waals surface area contributed by atoms with Crippen LogP contribution in [0.15, 0.2) is 54.9 Å². The minimum atomic E-state index is -4.33. The SMILES string of the molecule is Cc1cc(Cc2ccc(C(F)(F)F)cc2)cc([C@H]2CCN(C(=O)Cn3cccn3)C2)n1. The predicted octanol–water partition coefficient (Wildman–Crippen LogP) is 4.21. The number of rotatable bonds is 5. The number of carbonyl (C=O) groups excluding carboxylic acids is 1. The van der Waals surface area contributed by atoms with Crippen LogP contribution in [0.25, 0.3) is 0 Å². The Balaban J connectivity index is 1.44. The van der Waals surface area contributed by atoms with Gasteiger partial charge in [-0.25, -0.2) is 0 Å². The van der Waals surface area contributed by atoms with E-state index in [4.69, 9.17) is 0 Å². The first kappa shape index (κ1) is 21.1. The molecule has 0 saturated carbocycles. The summed E-state index contributed by atoms with van der Waals surface area (Å²) in [4.78, 5) is 19.0. The van der Waals surface area contributed by atoms with Crippen molar-refractivity contribution in [3.63, 3.8) is 0 Å². The van der Waals surface area contributed by atoms with Gasteiger partial charge in [0, 0.05) is 42.8 Å². The van der Waals surface area contributed by atoms with Crippen LogP contribution in [0, 0.1) is 6.92 Å². The number of carbonyl (C=O) groups is 1. The van der Waals surface area contributed by atoms with Crippen molar-refractivity contribution >= 4 is 5.91 Å². The van der Waals surface area contributed by atoms with E-state index in [1.54, 1.807) is 23.1 Å². The molecule has 5 nitrogen and oxygen atoms in total. The van der Waals surface area contributed by atoms with Crippen molar-refractivity contribution in [3.05, 3.63) is 82.9 Å². The molecule has 0 N–H and O–H groups in total.